The Kier molecular flexibility index (Phi) is 4.74. The molecular formula is C15H20N2O. The van der Waals surface area contributed by atoms with Crippen molar-refractivity contribution < 1.29 is 4.84 Å². The molecule has 0 atom stereocenters. The molecule has 1 aliphatic rings. The molecule has 1 saturated carbocycles. The molecule has 18 heavy (non-hydrogen) atoms. The van der Waals surface area contributed by atoms with Gasteiger partial charge in [-0.1, -0.05) is 30.3 Å². The Morgan fingerprint density at radius 3 is 2.50 bits per heavy atom. The topological polar surface area (TPSA) is 36.3 Å². The first kappa shape index (κ1) is 13.1. The molecule has 0 aliphatic heterocycles. The van der Waals surface area contributed by atoms with Gasteiger partial charge in [0.1, 0.15) is 0 Å². The minimum atomic E-state index is 0.253. The Bertz CT molecular complexity index is 391. The van der Waals surface area contributed by atoms with Crippen LogP contribution in [0.25, 0.3) is 0 Å². The summed E-state index contributed by atoms with van der Waals surface area (Å²) in [5, 5.41) is 10.8. The molecule has 1 aromatic rings. The molecule has 0 N–H and O–H groups in total. The highest BCUT2D eigenvalue weighted by Crippen LogP contribution is 2.26. The van der Waals surface area contributed by atoms with Crippen molar-refractivity contribution in [2.45, 2.75) is 38.3 Å². The van der Waals surface area contributed by atoms with Gasteiger partial charge in [-0.25, -0.2) is 0 Å². The molecule has 1 fully saturated rings. The van der Waals surface area contributed by atoms with Crippen molar-refractivity contribution in [2.24, 2.45) is 5.92 Å². The molecule has 2 rings (SSSR count). The summed E-state index contributed by atoms with van der Waals surface area (Å²) in [4.78, 5) is 5.79. The number of benzene rings is 1. The smallest absolute Gasteiger partial charge is 0.0935 e. The average Bonchev–Trinajstić information content (AvgIpc) is 2.46. The van der Waals surface area contributed by atoms with Gasteiger partial charge in [0.25, 0.3) is 0 Å². The summed E-state index contributed by atoms with van der Waals surface area (Å²) in [6, 6.07) is 13.0. The lowest BCUT2D eigenvalue weighted by atomic mass is 9.87. The quantitative estimate of drug-likeness (QED) is 0.763. The van der Waals surface area contributed by atoms with Crippen LogP contribution in [0.3, 0.4) is 0 Å². The lowest BCUT2D eigenvalue weighted by Crippen LogP contribution is -2.34. The Labute approximate surface area is 109 Å². The van der Waals surface area contributed by atoms with E-state index in [1.807, 2.05) is 30.3 Å². The molecule has 1 aliphatic carbocycles. The highest BCUT2D eigenvalue weighted by Gasteiger charge is 2.24. The average molecular weight is 244 g/mol. The van der Waals surface area contributed by atoms with Gasteiger partial charge in [-0.3, -0.25) is 4.84 Å². The normalized spacial score (nSPS) is 23.8. The van der Waals surface area contributed by atoms with Gasteiger partial charge >= 0.3 is 0 Å². The number of rotatable bonds is 4. The van der Waals surface area contributed by atoms with E-state index >= 15 is 0 Å². The molecule has 3 heteroatoms. The fourth-order valence-corrected chi connectivity index (χ4v) is 2.42. The van der Waals surface area contributed by atoms with Gasteiger partial charge in [0.2, 0.25) is 0 Å². The van der Waals surface area contributed by atoms with E-state index in [9.17, 15) is 0 Å². The summed E-state index contributed by atoms with van der Waals surface area (Å²) in [6.07, 6.45) is 4.12. The van der Waals surface area contributed by atoms with Crippen molar-refractivity contribution in [3.05, 3.63) is 35.9 Å². The second kappa shape index (κ2) is 6.53. The Balaban J connectivity index is 1.76. The van der Waals surface area contributed by atoms with E-state index in [0.29, 0.717) is 12.6 Å². The molecule has 0 unspecified atom stereocenters. The van der Waals surface area contributed by atoms with Gasteiger partial charge in [-0.2, -0.15) is 10.3 Å². The van der Waals surface area contributed by atoms with Crippen LogP contribution in [-0.4, -0.2) is 18.2 Å². The van der Waals surface area contributed by atoms with E-state index in [1.165, 1.54) is 5.56 Å². The molecule has 1 aromatic carbocycles. The highest BCUT2D eigenvalue weighted by atomic mass is 16.7. The van der Waals surface area contributed by atoms with Gasteiger partial charge < -0.3 is 0 Å². The van der Waals surface area contributed by atoms with E-state index < -0.39 is 0 Å². The Morgan fingerprint density at radius 1 is 1.22 bits per heavy atom. The largest absolute Gasteiger partial charge is 0.294 e. The van der Waals surface area contributed by atoms with Crippen LogP contribution >= 0.6 is 0 Å². The summed E-state index contributed by atoms with van der Waals surface area (Å²) < 4.78 is 0. The van der Waals surface area contributed by atoms with E-state index in [2.05, 4.69) is 18.2 Å². The van der Waals surface area contributed by atoms with Crippen LogP contribution in [0, 0.1) is 17.2 Å². The fraction of sp³-hybridized carbons (Fsp3) is 0.533. The first-order chi connectivity index (χ1) is 8.79. The van der Waals surface area contributed by atoms with Gasteiger partial charge in [0.15, 0.2) is 0 Å². The van der Waals surface area contributed by atoms with Crippen molar-refractivity contribution in [3.8, 4) is 6.07 Å². The van der Waals surface area contributed by atoms with E-state index in [0.717, 1.165) is 25.7 Å². The maximum Gasteiger partial charge on any atom is 0.0935 e. The van der Waals surface area contributed by atoms with Crippen LogP contribution in [0.1, 0.15) is 31.2 Å². The molecule has 96 valence electrons. The predicted molar refractivity (Wildman–Crippen MR) is 70.4 cm³/mol. The summed E-state index contributed by atoms with van der Waals surface area (Å²) >= 11 is 0. The maximum absolute atomic E-state index is 8.87. The Hall–Kier alpha value is -1.37. The summed E-state index contributed by atoms with van der Waals surface area (Å²) in [5.41, 5.74) is 1.19. The van der Waals surface area contributed by atoms with E-state index in [-0.39, 0.29) is 5.92 Å². The second-order valence-corrected chi connectivity index (χ2v) is 4.94. The van der Waals surface area contributed by atoms with Crippen LogP contribution in [0.2, 0.25) is 0 Å². The molecule has 3 nitrogen and oxygen atoms in total. The molecule has 0 radical (unpaired) electrons. The molecule has 0 heterocycles. The van der Waals surface area contributed by atoms with Crippen LogP contribution in [0.4, 0.5) is 0 Å². The van der Waals surface area contributed by atoms with Crippen molar-refractivity contribution in [1.29, 1.82) is 5.26 Å². The van der Waals surface area contributed by atoms with Crippen molar-refractivity contribution in [2.75, 3.05) is 7.05 Å². The maximum atomic E-state index is 8.87. The van der Waals surface area contributed by atoms with Crippen molar-refractivity contribution >= 4 is 0 Å². The van der Waals surface area contributed by atoms with E-state index in [4.69, 9.17) is 10.1 Å². The van der Waals surface area contributed by atoms with Crippen LogP contribution in [-0.2, 0) is 11.4 Å². The van der Waals surface area contributed by atoms with Gasteiger partial charge in [0, 0.05) is 19.0 Å². The number of hydrogen-bond acceptors (Lipinski definition) is 3. The van der Waals surface area contributed by atoms with Crippen molar-refractivity contribution in [1.82, 2.24) is 5.06 Å². The first-order valence-electron chi connectivity index (χ1n) is 6.59. The highest BCUT2D eigenvalue weighted by molar-refractivity contribution is 5.13. The number of hydroxylamine groups is 2. The molecule has 0 spiro atoms. The minimum absolute atomic E-state index is 0.253. The number of nitriles is 1. The molecule has 0 amide bonds. The molecule has 0 bridgehead atoms. The van der Waals surface area contributed by atoms with Crippen LogP contribution < -0.4 is 0 Å². The van der Waals surface area contributed by atoms with Crippen molar-refractivity contribution in [3.63, 3.8) is 0 Å². The molecule has 0 aromatic heterocycles. The summed E-state index contributed by atoms with van der Waals surface area (Å²) in [6.45, 7) is 0.621. The third-order valence-electron chi connectivity index (χ3n) is 3.67. The summed E-state index contributed by atoms with van der Waals surface area (Å²) in [5.74, 6) is 0.253. The number of hydrogen-bond donors (Lipinski definition) is 0. The van der Waals surface area contributed by atoms with Crippen LogP contribution in [0.5, 0.6) is 0 Å². The molecular weight excluding hydrogens is 224 g/mol. The lowest BCUT2D eigenvalue weighted by molar-refractivity contribution is -0.184. The zero-order chi connectivity index (χ0) is 12.8. The monoisotopic (exact) mass is 244 g/mol. The molecule has 0 saturated heterocycles. The lowest BCUT2D eigenvalue weighted by Gasteiger charge is -2.31. The van der Waals surface area contributed by atoms with Gasteiger partial charge in [-0.15, -0.1) is 0 Å². The zero-order valence-corrected chi connectivity index (χ0v) is 10.9. The Morgan fingerprint density at radius 2 is 1.89 bits per heavy atom. The van der Waals surface area contributed by atoms with Gasteiger partial charge in [0.05, 0.1) is 12.7 Å². The summed E-state index contributed by atoms with van der Waals surface area (Å²) in [7, 11) is 2.00. The zero-order valence-electron chi connectivity index (χ0n) is 10.9. The SMILES string of the molecule is CN(OCc1ccccc1)C1CCC(C#N)CC1. The standard InChI is InChI=1S/C15H20N2O/c1-17(15-9-7-13(11-16)8-10-15)18-12-14-5-3-2-4-6-14/h2-6,13,15H,7-10,12H2,1H3. The second-order valence-electron chi connectivity index (χ2n) is 4.94. The number of nitrogens with zero attached hydrogens (tertiary/aromatic N) is 2. The van der Waals surface area contributed by atoms with E-state index in [1.54, 1.807) is 0 Å². The fourth-order valence-electron chi connectivity index (χ4n) is 2.42. The third kappa shape index (κ3) is 3.56. The van der Waals surface area contributed by atoms with Gasteiger partial charge in [-0.05, 0) is 31.2 Å². The first-order valence-corrected chi connectivity index (χ1v) is 6.59. The van der Waals surface area contributed by atoms with Crippen LogP contribution in [0.15, 0.2) is 30.3 Å². The minimum Gasteiger partial charge on any atom is -0.294 e. The third-order valence-corrected chi connectivity index (χ3v) is 3.67. The predicted octanol–water partition coefficient (Wildman–Crippen LogP) is 3.13.